The molecule has 5 heteroatoms. The van der Waals surface area contributed by atoms with Crippen molar-refractivity contribution in [1.29, 1.82) is 0 Å². The van der Waals surface area contributed by atoms with Gasteiger partial charge in [-0.15, -0.1) is 0 Å². The summed E-state index contributed by atoms with van der Waals surface area (Å²) in [6.45, 7) is 12.7. The summed E-state index contributed by atoms with van der Waals surface area (Å²) in [6.07, 6.45) is 0. The highest BCUT2D eigenvalue weighted by atomic mass is 32.2. The predicted octanol–water partition coefficient (Wildman–Crippen LogP) is 2.82. The number of hydrogen-bond acceptors (Lipinski definition) is 3. The third-order valence-corrected chi connectivity index (χ3v) is 5.30. The number of hydrogen-bond donors (Lipinski definition) is 1. The third-order valence-electron chi connectivity index (χ3n) is 3.86. The van der Waals surface area contributed by atoms with E-state index < -0.39 is 10.0 Å². The average molecular weight is 312 g/mol. The average Bonchev–Trinajstić information content (AvgIpc) is 2.46. The predicted molar refractivity (Wildman–Crippen MR) is 88.1 cm³/mol. The maximum absolute atomic E-state index is 12.3. The van der Waals surface area contributed by atoms with Gasteiger partial charge in [0.05, 0.1) is 4.90 Å². The lowest BCUT2D eigenvalue weighted by Gasteiger charge is -2.26. The quantitative estimate of drug-likeness (QED) is 0.803. The minimum Gasteiger partial charge on any atom is -0.300 e. The van der Waals surface area contributed by atoms with Gasteiger partial charge in [-0.1, -0.05) is 39.8 Å². The summed E-state index contributed by atoms with van der Waals surface area (Å²) < 4.78 is 27.3. The first-order valence-corrected chi connectivity index (χ1v) is 9.13. The van der Waals surface area contributed by atoms with Gasteiger partial charge >= 0.3 is 0 Å². The van der Waals surface area contributed by atoms with Crippen molar-refractivity contribution < 1.29 is 8.42 Å². The molecule has 1 unspecified atom stereocenters. The topological polar surface area (TPSA) is 49.4 Å². The van der Waals surface area contributed by atoms with Crippen LogP contribution in [0.25, 0.3) is 0 Å². The van der Waals surface area contributed by atoms with Gasteiger partial charge in [-0.3, -0.25) is 4.90 Å². The van der Waals surface area contributed by atoms with Gasteiger partial charge in [-0.05, 0) is 43.6 Å². The zero-order valence-corrected chi connectivity index (χ0v) is 14.6. The van der Waals surface area contributed by atoms with Crippen molar-refractivity contribution in [3.8, 4) is 0 Å². The molecule has 1 N–H and O–H groups in total. The summed E-state index contributed by atoms with van der Waals surface area (Å²) in [7, 11) is -3.42. The van der Waals surface area contributed by atoms with Gasteiger partial charge < -0.3 is 0 Å². The molecule has 0 fully saturated rings. The molecule has 0 bridgehead atoms. The molecule has 0 saturated heterocycles. The number of sulfonamides is 1. The lowest BCUT2D eigenvalue weighted by atomic mass is 10.0. The number of nitrogens with one attached hydrogen (secondary N) is 1. The van der Waals surface area contributed by atoms with Crippen LogP contribution in [0.1, 0.15) is 46.1 Å². The summed E-state index contributed by atoms with van der Waals surface area (Å²) in [6, 6.07) is 7.31. The van der Waals surface area contributed by atoms with Crippen LogP contribution in [0.2, 0.25) is 0 Å². The van der Waals surface area contributed by atoms with E-state index in [9.17, 15) is 8.42 Å². The van der Waals surface area contributed by atoms with E-state index in [1.54, 1.807) is 12.1 Å². The van der Waals surface area contributed by atoms with Gasteiger partial charge in [-0.25, -0.2) is 13.1 Å². The van der Waals surface area contributed by atoms with E-state index in [0.717, 1.165) is 18.7 Å². The van der Waals surface area contributed by atoms with Crippen molar-refractivity contribution in [1.82, 2.24) is 9.62 Å². The monoisotopic (exact) mass is 312 g/mol. The maximum Gasteiger partial charge on any atom is 0.240 e. The van der Waals surface area contributed by atoms with Crippen LogP contribution in [-0.2, 0) is 10.0 Å². The molecule has 1 atom stereocenters. The smallest absolute Gasteiger partial charge is 0.240 e. The Balaban J connectivity index is 2.73. The Morgan fingerprint density at radius 3 is 2.00 bits per heavy atom. The molecule has 0 heterocycles. The Morgan fingerprint density at radius 2 is 1.57 bits per heavy atom. The molecule has 1 rings (SSSR count). The standard InChI is InChI=1S/C16H28N2O2S/c1-6-18(7-2)14(5)12-17-21(19,20)16-10-8-15(9-11-16)13(3)4/h8-11,13-14,17H,6-7,12H2,1-5H3. The van der Waals surface area contributed by atoms with Crippen molar-refractivity contribution in [2.75, 3.05) is 19.6 Å². The highest BCUT2D eigenvalue weighted by Crippen LogP contribution is 2.17. The summed E-state index contributed by atoms with van der Waals surface area (Å²) in [5.74, 6) is 0.400. The Morgan fingerprint density at radius 1 is 1.05 bits per heavy atom. The minimum absolute atomic E-state index is 0.185. The molecular weight excluding hydrogens is 284 g/mol. The van der Waals surface area contributed by atoms with Gasteiger partial charge in [0, 0.05) is 12.6 Å². The zero-order chi connectivity index (χ0) is 16.0. The molecule has 0 radical (unpaired) electrons. The Bertz CT molecular complexity index is 520. The normalized spacial score (nSPS) is 13.9. The molecule has 0 amide bonds. The first-order valence-electron chi connectivity index (χ1n) is 7.65. The lowest BCUT2D eigenvalue weighted by Crippen LogP contribution is -2.41. The first kappa shape index (κ1) is 18.1. The molecule has 120 valence electrons. The van der Waals surface area contributed by atoms with Crippen LogP contribution in [0.4, 0.5) is 0 Å². The van der Waals surface area contributed by atoms with E-state index in [0.29, 0.717) is 17.4 Å². The van der Waals surface area contributed by atoms with Crippen LogP contribution in [0.3, 0.4) is 0 Å². The summed E-state index contributed by atoms with van der Waals surface area (Å²) in [4.78, 5) is 2.56. The SMILES string of the molecule is CCN(CC)C(C)CNS(=O)(=O)c1ccc(C(C)C)cc1. The molecular formula is C16H28N2O2S. The maximum atomic E-state index is 12.3. The number of rotatable bonds is 8. The minimum atomic E-state index is -3.42. The molecule has 1 aromatic carbocycles. The summed E-state index contributed by atoms with van der Waals surface area (Å²) in [5.41, 5.74) is 1.14. The fourth-order valence-electron chi connectivity index (χ4n) is 2.32. The third kappa shape index (κ3) is 5.09. The van der Waals surface area contributed by atoms with Crippen molar-refractivity contribution in [3.05, 3.63) is 29.8 Å². The van der Waals surface area contributed by atoms with Crippen molar-refractivity contribution in [2.45, 2.75) is 51.5 Å². The van der Waals surface area contributed by atoms with Crippen LogP contribution in [0.5, 0.6) is 0 Å². The van der Waals surface area contributed by atoms with Crippen LogP contribution < -0.4 is 4.72 Å². The molecule has 0 saturated carbocycles. The van der Waals surface area contributed by atoms with E-state index in [-0.39, 0.29) is 6.04 Å². The number of nitrogens with zero attached hydrogens (tertiary/aromatic N) is 1. The molecule has 0 aromatic heterocycles. The number of benzene rings is 1. The van der Waals surface area contributed by atoms with Crippen molar-refractivity contribution in [2.24, 2.45) is 0 Å². The molecule has 4 nitrogen and oxygen atoms in total. The molecule has 0 aliphatic rings. The van der Waals surface area contributed by atoms with Crippen molar-refractivity contribution >= 4 is 10.0 Å². The highest BCUT2D eigenvalue weighted by Gasteiger charge is 2.17. The second-order valence-corrected chi connectivity index (χ2v) is 7.41. The van der Waals surface area contributed by atoms with Crippen molar-refractivity contribution in [3.63, 3.8) is 0 Å². The highest BCUT2D eigenvalue weighted by molar-refractivity contribution is 7.89. The Labute approximate surface area is 129 Å². The second kappa shape index (κ2) is 7.92. The largest absolute Gasteiger partial charge is 0.300 e. The number of likely N-dealkylation sites (N-methyl/N-ethyl adjacent to an activating group) is 1. The molecule has 0 spiro atoms. The van der Waals surface area contributed by atoms with E-state index >= 15 is 0 Å². The lowest BCUT2D eigenvalue weighted by molar-refractivity contribution is 0.232. The first-order chi connectivity index (χ1) is 9.81. The molecule has 21 heavy (non-hydrogen) atoms. The second-order valence-electron chi connectivity index (χ2n) is 5.65. The molecule has 0 aliphatic heterocycles. The summed E-state index contributed by atoms with van der Waals surface area (Å²) >= 11 is 0. The van der Waals surface area contributed by atoms with Gasteiger partial charge in [0.2, 0.25) is 10.0 Å². The van der Waals surface area contributed by atoms with E-state index in [2.05, 4.69) is 37.3 Å². The van der Waals surface area contributed by atoms with Crippen LogP contribution >= 0.6 is 0 Å². The Kier molecular flexibility index (Phi) is 6.84. The van der Waals surface area contributed by atoms with Gasteiger partial charge in [0.1, 0.15) is 0 Å². The fraction of sp³-hybridized carbons (Fsp3) is 0.625. The molecule has 1 aromatic rings. The zero-order valence-electron chi connectivity index (χ0n) is 13.8. The van der Waals surface area contributed by atoms with Gasteiger partial charge in [-0.2, -0.15) is 0 Å². The van der Waals surface area contributed by atoms with Gasteiger partial charge in [0.25, 0.3) is 0 Å². The molecule has 0 aliphatic carbocycles. The Hall–Kier alpha value is -0.910. The fourth-order valence-corrected chi connectivity index (χ4v) is 3.44. The van der Waals surface area contributed by atoms with E-state index in [4.69, 9.17) is 0 Å². The van der Waals surface area contributed by atoms with Gasteiger partial charge in [0.15, 0.2) is 0 Å². The van der Waals surface area contributed by atoms with Crippen LogP contribution in [0.15, 0.2) is 29.2 Å². The summed E-state index contributed by atoms with van der Waals surface area (Å²) in [5, 5.41) is 0. The van der Waals surface area contributed by atoms with E-state index in [1.807, 2.05) is 19.1 Å². The van der Waals surface area contributed by atoms with E-state index in [1.165, 1.54) is 0 Å². The van der Waals surface area contributed by atoms with Crippen LogP contribution in [0, 0.1) is 0 Å². The van der Waals surface area contributed by atoms with Crippen LogP contribution in [-0.4, -0.2) is 39.0 Å².